The van der Waals surface area contributed by atoms with Gasteiger partial charge in [0.1, 0.15) is 36.1 Å². The van der Waals surface area contributed by atoms with Gasteiger partial charge >= 0.3 is 12.4 Å². The second kappa shape index (κ2) is 14.3. The molecule has 0 N–H and O–H groups in total. The molecular weight excluding hydrogens is 634 g/mol. The molecule has 0 aliphatic carbocycles. The highest BCUT2D eigenvalue weighted by Gasteiger charge is 2.41. The average Bonchev–Trinajstić information content (AvgIpc) is 3.73. The molecule has 2 aromatic heterocycles. The van der Waals surface area contributed by atoms with Crippen LogP contribution in [0.3, 0.4) is 0 Å². The van der Waals surface area contributed by atoms with Gasteiger partial charge in [0.05, 0.1) is 37.6 Å². The number of benzene rings is 2. The van der Waals surface area contributed by atoms with Crippen molar-refractivity contribution in [3.8, 4) is 0 Å². The molecule has 0 spiro atoms. The lowest BCUT2D eigenvalue weighted by Gasteiger charge is -2.16. The van der Waals surface area contributed by atoms with E-state index in [0.29, 0.717) is 22.5 Å². The summed E-state index contributed by atoms with van der Waals surface area (Å²) in [4.78, 5) is 8.61. The van der Waals surface area contributed by atoms with E-state index in [4.69, 9.17) is 27.8 Å². The summed E-state index contributed by atoms with van der Waals surface area (Å²) in [6, 6.07) is 9.44. The molecule has 14 heteroatoms. The van der Waals surface area contributed by atoms with Gasteiger partial charge in [-0.3, -0.25) is 0 Å². The Morgan fingerprint density at radius 1 is 0.638 bits per heavy atom. The summed E-state index contributed by atoms with van der Waals surface area (Å²) in [5.74, 6) is -0.332. The summed E-state index contributed by atoms with van der Waals surface area (Å²) in [5, 5.41) is 0. The number of ether oxygens (including phenoxy) is 4. The number of halogens is 6. The summed E-state index contributed by atoms with van der Waals surface area (Å²) >= 11 is 0. The monoisotopic (exact) mass is 664 g/mol. The van der Waals surface area contributed by atoms with Crippen LogP contribution in [0.5, 0.6) is 0 Å². The standard InChI is InChI=1S/C33H30F6N2O6/c1-31(2)46-27(19-42-15-25-17-44-29(40-25)13-7-21-3-9-23(10-4-21)32(34,35)36)28(47-31)20-43-16-26-18-45-30(41-26)14-8-22-5-11-24(12-6-22)33(37,38)39/h3-14,17-18,27-28H,15-16,19-20H2,1-2H3/b13-7+,14-8+/t27-,28-/m1/s1. The average molecular weight is 665 g/mol. The molecule has 5 rings (SSSR count). The number of nitrogens with zero attached hydrogens (tertiary/aromatic N) is 2. The smallest absolute Gasteiger partial charge is 0.416 e. The van der Waals surface area contributed by atoms with Crippen molar-refractivity contribution in [1.82, 2.24) is 9.97 Å². The maximum absolute atomic E-state index is 12.7. The van der Waals surface area contributed by atoms with Crippen molar-refractivity contribution < 1.29 is 54.1 Å². The SMILES string of the molecule is CC1(C)O[C@H](COCc2coc(/C=C/c3ccc(C(F)(F)F)cc3)n2)[C@@H](COCc2coc(/C=C/c3ccc(C(F)(F)F)cc3)n2)O1. The Balaban J connectivity index is 1.06. The van der Waals surface area contributed by atoms with Crippen LogP contribution < -0.4 is 0 Å². The third kappa shape index (κ3) is 9.88. The second-order valence-corrected chi connectivity index (χ2v) is 11.0. The largest absolute Gasteiger partial charge is 0.445 e. The van der Waals surface area contributed by atoms with Crippen molar-refractivity contribution in [1.29, 1.82) is 0 Å². The van der Waals surface area contributed by atoms with E-state index in [1.807, 2.05) is 0 Å². The van der Waals surface area contributed by atoms with Gasteiger partial charge in [-0.25, -0.2) is 9.97 Å². The predicted octanol–water partition coefficient (Wildman–Crippen LogP) is 8.29. The zero-order valence-electron chi connectivity index (χ0n) is 25.2. The first-order valence-corrected chi connectivity index (χ1v) is 14.3. The molecule has 0 unspecified atom stereocenters. The van der Waals surface area contributed by atoms with Gasteiger partial charge in [-0.15, -0.1) is 0 Å². The summed E-state index contributed by atoms with van der Waals surface area (Å²) in [6.45, 7) is 4.13. The van der Waals surface area contributed by atoms with E-state index in [2.05, 4.69) is 9.97 Å². The molecule has 3 heterocycles. The molecule has 47 heavy (non-hydrogen) atoms. The van der Waals surface area contributed by atoms with E-state index in [1.54, 1.807) is 38.2 Å². The molecule has 1 aliphatic heterocycles. The lowest BCUT2D eigenvalue weighted by molar-refractivity contribution is -0.155. The fraction of sp³-hybridized carbons (Fsp3) is 0.333. The Morgan fingerprint density at radius 3 is 1.38 bits per heavy atom. The number of hydrogen-bond donors (Lipinski definition) is 0. The zero-order valence-corrected chi connectivity index (χ0v) is 25.2. The van der Waals surface area contributed by atoms with Crippen LogP contribution in [0.4, 0.5) is 26.3 Å². The third-order valence-corrected chi connectivity index (χ3v) is 6.80. The maximum atomic E-state index is 12.7. The van der Waals surface area contributed by atoms with Crippen LogP contribution in [0, 0.1) is 0 Å². The normalized spacial score (nSPS) is 18.6. The van der Waals surface area contributed by atoms with E-state index in [-0.39, 0.29) is 38.2 Å². The highest BCUT2D eigenvalue weighted by atomic mass is 19.4. The van der Waals surface area contributed by atoms with Crippen LogP contribution in [0.1, 0.15) is 59.3 Å². The van der Waals surface area contributed by atoms with Gasteiger partial charge in [0, 0.05) is 12.2 Å². The topological polar surface area (TPSA) is 89.0 Å². The minimum Gasteiger partial charge on any atom is -0.445 e. The molecule has 0 bridgehead atoms. The van der Waals surface area contributed by atoms with Crippen molar-refractivity contribution in [2.75, 3.05) is 13.2 Å². The second-order valence-electron chi connectivity index (χ2n) is 11.0. The molecular formula is C33H30F6N2O6. The predicted molar refractivity (Wildman–Crippen MR) is 157 cm³/mol. The minimum absolute atomic E-state index is 0.118. The van der Waals surface area contributed by atoms with E-state index >= 15 is 0 Å². The van der Waals surface area contributed by atoms with E-state index < -0.39 is 41.5 Å². The summed E-state index contributed by atoms with van der Waals surface area (Å²) < 4.78 is 111. The number of oxazole rings is 2. The fourth-order valence-electron chi connectivity index (χ4n) is 4.58. The van der Waals surface area contributed by atoms with Crippen molar-refractivity contribution in [3.05, 3.63) is 106 Å². The Kier molecular flexibility index (Phi) is 10.3. The first-order chi connectivity index (χ1) is 22.2. The van der Waals surface area contributed by atoms with E-state index in [0.717, 1.165) is 24.3 Å². The Morgan fingerprint density at radius 2 is 1.02 bits per heavy atom. The van der Waals surface area contributed by atoms with Gasteiger partial charge in [0.15, 0.2) is 5.79 Å². The lowest BCUT2D eigenvalue weighted by Crippen LogP contribution is -2.31. The lowest BCUT2D eigenvalue weighted by atomic mass is 10.1. The van der Waals surface area contributed by atoms with Gasteiger partial charge < -0.3 is 27.8 Å². The van der Waals surface area contributed by atoms with Crippen LogP contribution in [0.25, 0.3) is 24.3 Å². The number of aromatic nitrogens is 2. The minimum atomic E-state index is -4.40. The van der Waals surface area contributed by atoms with Gasteiger partial charge in [0.25, 0.3) is 0 Å². The Hall–Kier alpha value is -4.24. The third-order valence-electron chi connectivity index (χ3n) is 6.80. The molecule has 8 nitrogen and oxygen atoms in total. The van der Waals surface area contributed by atoms with Gasteiger partial charge in [-0.2, -0.15) is 26.3 Å². The van der Waals surface area contributed by atoms with Crippen LogP contribution in [0.15, 0.2) is 69.9 Å². The molecule has 250 valence electrons. The summed E-state index contributed by atoms with van der Waals surface area (Å²) in [5.41, 5.74) is 0.682. The first-order valence-electron chi connectivity index (χ1n) is 14.3. The van der Waals surface area contributed by atoms with Crippen molar-refractivity contribution >= 4 is 24.3 Å². The summed E-state index contributed by atoms with van der Waals surface area (Å²) in [6.07, 6.45) is -0.573. The number of hydrogen-bond acceptors (Lipinski definition) is 8. The van der Waals surface area contributed by atoms with Crippen LogP contribution in [-0.2, 0) is 44.5 Å². The quantitative estimate of drug-likeness (QED) is 0.140. The van der Waals surface area contributed by atoms with Gasteiger partial charge in [-0.05, 0) is 61.4 Å². The molecule has 1 aliphatic rings. The molecule has 0 amide bonds. The van der Waals surface area contributed by atoms with Crippen LogP contribution in [-0.4, -0.2) is 41.2 Å². The molecule has 2 atom stereocenters. The van der Waals surface area contributed by atoms with Gasteiger partial charge in [0.2, 0.25) is 11.8 Å². The van der Waals surface area contributed by atoms with Crippen LogP contribution in [0.2, 0.25) is 0 Å². The first kappa shape index (κ1) is 34.1. The van der Waals surface area contributed by atoms with Gasteiger partial charge in [-0.1, -0.05) is 24.3 Å². The molecule has 0 radical (unpaired) electrons. The highest BCUT2D eigenvalue weighted by molar-refractivity contribution is 5.66. The molecule has 1 saturated heterocycles. The van der Waals surface area contributed by atoms with E-state index in [9.17, 15) is 26.3 Å². The molecule has 1 fully saturated rings. The fourth-order valence-corrected chi connectivity index (χ4v) is 4.58. The zero-order chi connectivity index (χ0) is 33.7. The summed E-state index contributed by atoms with van der Waals surface area (Å²) in [7, 11) is 0. The highest BCUT2D eigenvalue weighted by Crippen LogP contribution is 2.31. The van der Waals surface area contributed by atoms with E-state index in [1.165, 1.54) is 36.8 Å². The van der Waals surface area contributed by atoms with Crippen LogP contribution >= 0.6 is 0 Å². The molecule has 0 saturated carbocycles. The van der Waals surface area contributed by atoms with Crippen molar-refractivity contribution in [3.63, 3.8) is 0 Å². The maximum Gasteiger partial charge on any atom is 0.416 e. The Bertz CT molecular complexity index is 1530. The Labute approximate surface area is 265 Å². The molecule has 4 aromatic rings. The van der Waals surface area contributed by atoms with Crippen molar-refractivity contribution in [2.24, 2.45) is 0 Å². The van der Waals surface area contributed by atoms with Crippen molar-refractivity contribution in [2.45, 2.75) is 57.4 Å². The number of rotatable bonds is 12. The number of alkyl halides is 6. The molecule has 2 aromatic carbocycles.